The topological polar surface area (TPSA) is 84.5 Å². The maximum Gasteiger partial charge on any atom is 0.339 e. The van der Waals surface area contributed by atoms with Crippen molar-refractivity contribution in [2.75, 3.05) is 20.2 Å². The second-order valence-electron chi connectivity index (χ2n) is 4.78. The van der Waals surface area contributed by atoms with Crippen LogP contribution in [0.2, 0.25) is 0 Å². The summed E-state index contributed by atoms with van der Waals surface area (Å²) in [5.74, 6) is -1.56. The van der Waals surface area contributed by atoms with Crippen molar-refractivity contribution in [1.29, 1.82) is 0 Å². The quantitative estimate of drug-likeness (QED) is 0.779. The van der Waals surface area contributed by atoms with Crippen molar-refractivity contribution in [3.63, 3.8) is 0 Å². The molecule has 1 atom stereocenters. The molecule has 1 heterocycles. The summed E-state index contributed by atoms with van der Waals surface area (Å²) in [6.45, 7) is 1.04. The van der Waals surface area contributed by atoms with Crippen LogP contribution in [0.1, 0.15) is 23.2 Å². The highest BCUT2D eigenvalue weighted by molar-refractivity contribution is 7.89. The third-order valence-electron chi connectivity index (χ3n) is 3.32. The summed E-state index contributed by atoms with van der Waals surface area (Å²) < 4.78 is 44.8. The van der Waals surface area contributed by atoms with E-state index in [4.69, 9.17) is 0 Å². The Balaban J connectivity index is 2.25. The third-order valence-corrected chi connectivity index (χ3v) is 4.78. The second-order valence-corrected chi connectivity index (χ2v) is 6.51. The summed E-state index contributed by atoms with van der Waals surface area (Å²) in [5.41, 5.74) is -0.189. The number of nitrogens with one attached hydrogen (secondary N) is 2. The van der Waals surface area contributed by atoms with Gasteiger partial charge in [0, 0.05) is 12.6 Å². The Morgan fingerprint density at radius 3 is 2.90 bits per heavy atom. The zero-order chi connectivity index (χ0) is 15.5. The molecule has 1 aliphatic heterocycles. The van der Waals surface area contributed by atoms with Crippen molar-refractivity contribution in [3.05, 3.63) is 29.6 Å². The first kappa shape index (κ1) is 15.9. The van der Waals surface area contributed by atoms with Crippen LogP contribution in [0.5, 0.6) is 0 Å². The van der Waals surface area contributed by atoms with Crippen LogP contribution in [0.4, 0.5) is 4.39 Å². The van der Waals surface area contributed by atoms with E-state index in [9.17, 15) is 17.6 Å². The van der Waals surface area contributed by atoms with Crippen LogP contribution in [0.3, 0.4) is 0 Å². The lowest BCUT2D eigenvalue weighted by Gasteiger charge is -2.14. The fraction of sp³-hybridized carbons (Fsp3) is 0.462. The van der Waals surface area contributed by atoms with Gasteiger partial charge in [0.1, 0.15) is 5.82 Å². The molecule has 2 rings (SSSR count). The number of ether oxygens (including phenoxy) is 1. The van der Waals surface area contributed by atoms with Gasteiger partial charge in [0.2, 0.25) is 10.0 Å². The van der Waals surface area contributed by atoms with Crippen LogP contribution in [-0.4, -0.2) is 40.6 Å². The zero-order valence-electron chi connectivity index (χ0n) is 11.6. The predicted molar refractivity (Wildman–Crippen MR) is 74.0 cm³/mol. The van der Waals surface area contributed by atoms with Gasteiger partial charge in [-0.1, -0.05) is 0 Å². The molecule has 116 valence electrons. The first-order valence-corrected chi connectivity index (χ1v) is 8.03. The molecule has 0 aromatic heterocycles. The van der Waals surface area contributed by atoms with Crippen LogP contribution in [0.15, 0.2) is 23.1 Å². The summed E-state index contributed by atoms with van der Waals surface area (Å²) in [6.07, 6.45) is 1.86. The average molecular weight is 316 g/mol. The number of hydrogen-bond donors (Lipinski definition) is 2. The van der Waals surface area contributed by atoms with Crippen molar-refractivity contribution in [3.8, 4) is 0 Å². The smallest absolute Gasteiger partial charge is 0.339 e. The number of halogens is 1. The SMILES string of the molecule is COC(=O)c1ccc(F)cc1S(=O)(=O)NCC1CCCN1. The summed E-state index contributed by atoms with van der Waals surface area (Å²) in [5, 5.41) is 3.15. The highest BCUT2D eigenvalue weighted by Gasteiger charge is 2.25. The maximum atomic E-state index is 13.3. The molecule has 0 aliphatic carbocycles. The molecule has 1 aromatic carbocycles. The van der Waals surface area contributed by atoms with Gasteiger partial charge in [0.15, 0.2) is 0 Å². The minimum absolute atomic E-state index is 0.0508. The molecule has 8 heteroatoms. The predicted octanol–water partition coefficient (Wildman–Crippen LogP) is 0.643. The molecule has 1 fully saturated rings. The fourth-order valence-electron chi connectivity index (χ4n) is 2.22. The van der Waals surface area contributed by atoms with Crippen LogP contribution in [-0.2, 0) is 14.8 Å². The van der Waals surface area contributed by atoms with E-state index in [0.29, 0.717) is 0 Å². The summed E-state index contributed by atoms with van der Waals surface area (Å²) >= 11 is 0. The minimum Gasteiger partial charge on any atom is -0.465 e. The monoisotopic (exact) mass is 316 g/mol. The first-order chi connectivity index (χ1) is 9.94. The molecule has 0 bridgehead atoms. The van der Waals surface area contributed by atoms with E-state index in [2.05, 4.69) is 14.8 Å². The molecule has 0 amide bonds. The number of hydrogen-bond acceptors (Lipinski definition) is 5. The molecule has 1 aromatic rings. The molecule has 21 heavy (non-hydrogen) atoms. The fourth-order valence-corrected chi connectivity index (χ4v) is 3.50. The standard InChI is InChI=1S/C13H17FN2O4S/c1-20-13(17)11-5-4-9(14)7-12(11)21(18,19)16-8-10-3-2-6-15-10/h4-5,7,10,15-16H,2-3,6,8H2,1H3. The normalized spacial score (nSPS) is 18.7. The van der Waals surface area contributed by atoms with E-state index >= 15 is 0 Å². The van der Waals surface area contributed by atoms with E-state index in [1.807, 2.05) is 0 Å². The van der Waals surface area contributed by atoms with Crippen molar-refractivity contribution >= 4 is 16.0 Å². The number of carbonyl (C=O) groups is 1. The van der Waals surface area contributed by atoms with Crippen molar-refractivity contribution in [2.24, 2.45) is 0 Å². The highest BCUT2D eigenvalue weighted by Crippen LogP contribution is 2.18. The second kappa shape index (κ2) is 6.50. The molecular formula is C13H17FN2O4S. The molecule has 6 nitrogen and oxygen atoms in total. The van der Waals surface area contributed by atoms with Crippen LogP contribution in [0, 0.1) is 5.82 Å². The van der Waals surface area contributed by atoms with Crippen molar-refractivity contribution < 1.29 is 22.3 Å². The van der Waals surface area contributed by atoms with Gasteiger partial charge in [-0.05, 0) is 37.6 Å². The van der Waals surface area contributed by atoms with Gasteiger partial charge in [0.25, 0.3) is 0 Å². The molecule has 0 radical (unpaired) electrons. The molecule has 2 N–H and O–H groups in total. The largest absolute Gasteiger partial charge is 0.465 e. The molecular weight excluding hydrogens is 299 g/mol. The Bertz CT molecular complexity index is 627. The lowest BCUT2D eigenvalue weighted by molar-refractivity contribution is 0.0596. The van der Waals surface area contributed by atoms with E-state index in [0.717, 1.165) is 44.7 Å². The van der Waals surface area contributed by atoms with Gasteiger partial charge in [0.05, 0.1) is 17.6 Å². The van der Waals surface area contributed by atoms with Gasteiger partial charge in [-0.25, -0.2) is 22.3 Å². The Hall–Kier alpha value is -1.51. The van der Waals surface area contributed by atoms with Gasteiger partial charge in [-0.15, -0.1) is 0 Å². The van der Waals surface area contributed by atoms with Gasteiger partial charge >= 0.3 is 5.97 Å². The number of carbonyl (C=O) groups excluding carboxylic acids is 1. The van der Waals surface area contributed by atoms with E-state index in [1.54, 1.807) is 0 Å². The molecule has 1 saturated heterocycles. The first-order valence-electron chi connectivity index (χ1n) is 6.55. The van der Waals surface area contributed by atoms with Crippen LogP contribution in [0.25, 0.3) is 0 Å². The molecule has 1 aliphatic rings. The lowest BCUT2D eigenvalue weighted by Crippen LogP contribution is -2.37. The van der Waals surface area contributed by atoms with Crippen LogP contribution < -0.4 is 10.0 Å². The number of methoxy groups -OCH3 is 1. The Morgan fingerprint density at radius 2 is 2.29 bits per heavy atom. The Morgan fingerprint density at radius 1 is 1.52 bits per heavy atom. The summed E-state index contributed by atoms with van der Waals surface area (Å²) in [4.78, 5) is 11.2. The Labute approximate surface area is 122 Å². The van der Waals surface area contributed by atoms with Gasteiger partial charge in [-0.3, -0.25) is 0 Å². The molecule has 0 saturated carbocycles. The van der Waals surface area contributed by atoms with Gasteiger partial charge in [-0.2, -0.15) is 0 Å². The van der Waals surface area contributed by atoms with Crippen molar-refractivity contribution in [2.45, 2.75) is 23.8 Å². The van der Waals surface area contributed by atoms with E-state index < -0.39 is 26.7 Å². The third kappa shape index (κ3) is 3.78. The van der Waals surface area contributed by atoms with E-state index in [-0.39, 0.29) is 18.2 Å². The highest BCUT2D eigenvalue weighted by atomic mass is 32.2. The number of rotatable bonds is 5. The molecule has 1 unspecified atom stereocenters. The minimum atomic E-state index is -3.99. The summed E-state index contributed by atoms with van der Waals surface area (Å²) in [7, 11) is -2.85. The molecule has 0 spiro atoms. The average Bonchev–Trinajstić information content (AvgIpc) is 2.98. The lowest BCUT2D eigenvalue weighted by atomic mass is 10.2. The Kier molecular flexibility index (Phi) is 4.92. The number of sulfonamides is 1. The number of esters is 1. The van der Waals surface area contributed by atoms with Crippen molar-refractivity contribution in [1.82, 2.24) is 10.0 Å². The van der Waals surface area contributed by atoms with Crippen LogP contribution >= 0.6 is 0 Å². The zero-order valence-corrected chi connectivity index (χ0v) is 12.4. The number of benzene rings is 1. The summed E-state index contributed by atoms with van der Waals surface area (Å²) in [6, 6.07) is 2.99. The maximum absolute atomic E-state index is 13.3. The van der Waals surface area contributed by atoms with Gasteiger partial charge < -0.3 is 10.1 Å². The van der Waals surface area contributed by atoms with E-state index in [1.165, 1.54) is 0 Å².